The number of carbonyl (C=O) groups is 2. The molecule has 2 unspecified atom stereocenters. The van der Waals surface area contributed by atoms with Gasteiger partial charge in [0, 0.05) is 0 Å². The molecule has 15 heavy (non-hydrogen) atoms. The van der Waals surface area contributed by atoms with Gasteiger partial charge in [0.25, 0.3) is 0 Å². The molecule has 0 aromatic carbocycles. The zero-order chi connectivity index (χ0) is 12.1. The molecule has 0 radical (unpaired) electrons. The maximum Gasteiger partial charge on any atom is 0.338 e. The molecule has 0 heterocycles. The lowest BCUT2D eigenvalue weighted by molar-refractivity contribution is -0.177. The Labute approximate surface area is 89.4 Å². The molecular formula is C10H18O5. The summed E-state index contributed by atoms with van der Waals surface area (Å²) in [5.41, 5.74) is -1.84. The minimum atomic E-state index is -1.84. The molecule has 0 aromatic rings. The van der Waals surface area contributed by atoms with Crippen molar-refractivity contribution in [2.45, 2.75) is 33.3 Å². The number of hydrogen-bond donors (Lipinski definition) is 1. The van der Waals surface area contributed by atoms with Crippen molar-refractivity contribution in [3.63, 3.8) is 0 Å². The topological polar surface area (TPSA) is 72.8 Å². The Morgan fingerprint density at radius 1 is 1.27 bits per heavy atom. The summed E-state index contributed by atoms with van der Waals surface area (Å²) in [6, 6.07) is 0. The summed E-state index contributed by atoms with van der Waals surface area (Å²) in [6.07, 6.45) is 0. The van der Waals surface area contributed by atoms with Gasteiger partial charge in [-0.15, -0.1) is 0 Å². The number of aliphatic hydroxyl groups is 1. The predicted octanol–water partition coefficient (Wildman–Crippen LogP) is 0.500. The van der Waals surface area contributed by atoms with Crippen LogP contribution in [0.15, 0.2) is 0 Å². The summed E-state index contributed by atoms with van der Waals surface area (Å²) < 4.78 is 9.37. The first kappa shape index (κ1) is 13.9. The molecule has 0 spiro atoms. The van der Waals surface area contributed by atoms with Gasteiger partial charge in [0.05, 0.1) is 19.1 Å². The number of rotatable bonds is 5. The fourth-order valence-electron chi connectivity index (χ4n) is 0.951. The molecule has 0 aliphatic carbocycles. The van der Waals surface area contributed by atoms with Crippen LogP contribution in [-0.4, -0.2) is 35.9 Å². The van der Waals surface area contributed by atoms with E-state index in [0.717, 1.165) is 0 Å². The van der Waals surface area contributed by atoms with E-state index < -0.39 is 23.5 Å². The minimum Gasteiger partial charge on any atom is -0.466 e. The van der Waals surface area contributed by atoms with Crippen LogP contribution in [0.25, 0.3) is 0 Å². The van der Waals surface area contributed by atoms with E-state index in [1.807, 2.05) is 0 Å². The van der Waals surface area contributed by atoms with Crippen LogP contribution in [0, 0.1) is 5.92 Å². The third-order valence-corrected chi connectivity index (χ3v) is 2.17. The zero-order valence-corrected chi connectivity index (χ0v) is 9.57. The molecule has 1 N–H and O–H groups in total. The normalized spacial score (nSPS) is 16.3. The summed E-state index contributed by atoms with van der Waals surface area (Å²) in [4.78, 5) is 22.6. The second-order valence-electron chi connectivity index (χ2n) is 3.34. The number of hydrogen-bond acceptors (Lipinski definition) is 5. The lowest BCUT2D eigenvalue weighted by Gasteiger charge is -2.26. The molecule has 2 atom stereocenters. The van der Waals surface area contributed by atoms with Crippen LogP contribution in [0.3, 0.4) is 0 Å². The molecule has 0 aliphatic heterocycles. The summed E-state index contributed by atoms with van der Waals surface area (Å²) >= 11 is 0. The van der Waals surface area contributed by atoms with Crippen molar-refractivity contribution in [3.05, 3.63) is 0 Å². The van der Waals surface area contributed by atoms with Gasteiger partial charge < -0.3 is 14.6 Å². The molecule has 5 heteroatoms. The Hall–Kier alpha value is -1.10. The van der Waals surface area contributed by atoms with E-state index in [0.29, 0.717) is 0 Å². The van der Waals surface area contributed by atoms with Crippen molar-refractivity contribution in [1.82, 2.24) is 0 Å². The minimum absolute atomic E-state index is 0.157. The Morgan fingerprint density at radius 3 is 2.13 bits per heavy atom. The average molecular weight is 218 g/mol. The van der Waals surface area contributed by atoms with Crippen molar-refractivity contribution in [2.24, 2.45) is 5.92 Å². The maximum atomic E-state index is 11.3. The van der Waals surface area contributed by atoms with Crippen LogP contribution in [-0.2, 0) is 19.1 Å². The molecule has 0 aromatic heterocycles. The van der Waals surface area contributed by atoms with Crippen molar-refractivity contribution in [3.8, 4) is 0 Å². The predicted molar refractivity (Wildman–Crippen MR) is 53.1 cm³/mol. The highest BCUT2D eigenvalue weighted by Crippen LogP contribution is 2.20. The molecule has 0 saturated carbocycles. The average Bonchev–Trinajstić information content (AvgIpc) is 2.17. The van der Waals surface area contributed by atoms with Crippen LogP contribution < -0.4 is 0 Å². The Balaban J connectivity index is 4.56. The molecule has 0 bridgehead atoms. The van der Waals surface area contributed by atoms with Crippen molar-refractivity contribution in [1.29, 1.82) is 0 Å². The molecule has 88 valence electrons. The van der Waals surface area contributed by atoms with Gasteiger partial charge in [-0.25, -0.2) is 4.79 Å². The van der Waals surface area contributed by atoms with E-state index in [9.17, 15) is 14.7 Å². The molecular weight excluding hydrogens is 200 g/mol. The fraction of sp³-hybridized carbons (Fsp3) is 0.800. The summed E-state index contributed by atoms with van der Waals surface area (Å²) in [7, 11) is 0. The Morgan fingerprint density at radius 2 is 1.73 bits per heavy atom. The first-order chi connectivity index (χ1) is 6.87. The van der Waals surface area contributed by atoms with Crippen LogP contribution in [0.5, 0.6) is 0 Å². The van der Waals surface area contributed by atoms with E-state index in [2.05, 4.69) is 4.74 Å². The number of ether oxygens (including phenoxy) is 2. The first-order valence-corrected chi connectivity index (χ1v) is 4.94. The van der Waals surface area contributed by atoms with Crippen LogP contribution in [0.4, 0.5) is 0 Å². The summed E-state index contributed by atoms with van der Waals surface area (Å²) in [6.45, 7) is 6.32. The van der Waals surface area contributed by atoms with Crippen molar-refractivity contribution in [2.75, 3.05) is 13.2 Å². The lowest BCUT2D eigenvalue weighted by Crippen LogP contribution is -2.46. The summed E-state index contributed by atoms with van der Waals surface area (Å²) in [5.74, 6) is -2.38. The highest BCUT2D eigenvalue weighted by atomic mass is 16.6. The van der Waals surface area contributed by atoms with Gasteiger partial charge in [-0.3, -0.25) is 4.79 Å². The fourth-order valence-corrected chi connectivity index (χ4v) is 0.951. The first-order valence-electron chi connectivity index (χ1n) is 4.94. The largest absolute Gasteiger partial charge is 0.466 e. The van der Waals surface area contributed by atoms with Gasteiger partial charge in [0.15, 0.2) is 5.60 Å². The van der Waals surface area contributed by atoms with E-state index >= 15 is 0 Å². The van der Waals surface area contributed by atoms with Gasteiger partial charge in [-0.2, -0.15) is 0 Å². The second kappa shape index (κ2) is 5.70. The zero-order valence-electron chi connectivity index (χ0n) is 9.57. The Bertz CT molecular complexity index is 234. The molecule has 0 aliphatic rings. The highest BCUT2D eigenvalue weighted by molar-refractivity contribution is 5.86. The SMILES string of the molecule is CCOC(=O)C(C)C(C)(O)C(=O)OCC. The quantitative estimate of drug-likeness (QED) is 0.680. The standard InChI is InChI=1S/C10H18O5/c1-5-14-8(11)7(3)10(4,13)9(12)15-6-2/h7,13H,5-6H2,1-4H3. The third-order valence-electron chi connectivity index (χ3n) is 2.17. The molecule has 0 rings (SSSR count). The van der Waals surface area contributed by atoms with Gasteiger partial charge in [0.2, 0.25) is 0 Å². The van der Waals surface area contributed by atoms with Crippen LogP contribution in [0.2, 0.25) is 0 Å². The molecule has 0 amide bonds. The van der Waals surface area contributed by atoms with Crippen molar-refractivity contribution >= 4 is 11.9 Å². The molecule has 0 fully saturated rings. The highest BCUT2D eigenvalue weighted by Gasteiger charge is 2.42. The molecule has 0 saturated heterocycles. The van der Waals surface area contributed by atoms with Crippen molar-refractivity contribution < 1.29 is 24.2 Å². The smallest absolute Gasteiger partial charge is 0.338 e. The van der Waals surface area contributed by atoms with Gasteiger partial charge in [-0.05, 0) is 27.7 Å². The van der Waals surface area contributed by atoms with Crippen LogP contribution >= 0.6 is 0 Å². The van der Waals surface area contributed by atoms with E-state index in [4.69, 9.17) is 4.74 Å². The Kier molecular flexibility index (Phi) is 5.28. The van der Waals surface area contributed by atoms with Gasteiger partial charge in [0.1, 0.15) is 0 Å². The van der Waals surface area contributed by atoms with E-state index in [1.165, 1.54) is 13.8 Å². The lowest BCUT2D eigenvalue weighted by atomic mass is 9.91. The maximum absolute atomic E-state index is 11.3. The van der Waals surface area contributed by atoms with Crippen LogP contribution in [0.1, 0.15) is 27.7 Å². The van der Waals surface area contributed by atoms with Gasteiger partial charge >= 0.3 is 11.9 Å². The molecule has 5 nitrogen and oxygen atoms in total. The van der Waals surface area contributed by atoms with Gasteiger partial charge in [-0.1, -0.05) is 0 Å². The van der Waals surface area contributed by atoms with E-state index in [-0.39, 0.29) is 13.2 Å². The van der Waals surface area contributed by atoms with E-state index in [1.54, 1.807) is 13.8 Å². The number of carbonyl (C=O) groups excluding carboxylic acids is 2. The second-order valence-corrected chi connectivity index (χ2v) is 3.34. The monoisotopic (exact) mass is 218 g/mol. The third kappa shape index (κ3) is 3.51. The summed E-state index contributed by atoms with van der Waals surface area (Å²) in [5, 5.41) is 9.80. The number of esters is 2.